The molecule has 0 bridgehead atoms. The highest BCUT2D eigenvalue weighted by Crippen LogP contribution is 2.21. The number of hydrogen-bond donors (Lipinski definition) is 2. The van der Waals surface area contributed by atoms with Gasteiger partial charge in [0.15, 0.2) is 0 Å². The smallest absolute Gasteiger partial charge is 0.326 e. The molecule has 21 heavy (non-hydrogen) atoms. The number of anilines is 1. The van der Waals surface area contributed by atoms with Gasteiger partial charge < -0.3 is 14.9 Å². The molecule has 1 aromatic heterocycles. The first kappa shape index (κ1) is 15.0. The molecule has 0 aliphatic heterocycles. The van der Waals surface area contributed by atoms with E-state index in [-0.39, 0.29) is 11.4 Å². The number of carbonyl (C=O) groups is 1. The second-order valence-electron chi connectivity index (χ2n) is 5.90. The van der Waals surface area contributed by atoms with Crippen LogP contribution in [0.4, 0.5) is 5.95 Å². The zero-order valence-corrected chi connectivity index (χ0v) is 12.3. The van der Waals surface area contributed by atoms with Crippen LogP contribution in [0.2, 0.25) is 0 Å². The summed E-state index contributed by atoms with van der Waals surface area (Å²) >= 11 is 0. The minimum atomic E-state index is -0.957. The lowest BCUT2D eigenvalue weighted by Gasteiger charge is -2.13. The van der Waals surface area contributed by atoms with E-state index in [9.17, 15) is 9.90 Å². The Hall–Kier alpha value is -2.37. The van der Waals surface area contributed by atoms with Crippen molar-refractivity contribution in [2.45, 2.75) is 38.6 Å². The molecule has 0 saturated heterocycles. The van der Waals surface area contributed by atoms with Crippen LogP contribution in [0.3, 0.4) is 0 Å². The zero-order chi connectivity index (χ0) is 15.5. The number of aliphatic carboxylic acids is 1. The topological polar surface area (TPSA) is 88.2 Å². The molecular weight excluding hydrogens is 270 g/mol. The molecular formula is C15H19N3O3. The number of aromatic nitrogens is 2. The Balaban J connectivity index is 2.10. The summed E-state index contributed by atoms with van der Waals surface area (Å²) in [5.41, 5.74) is 0.655. The highest BCUT2D eigenvalue weighted by atomic mass is 16.5. The summed E-state index contributed by atoms with van der Waals surface area (Å²) in [6.45, 7) is 5.84. The minimum Gasteiger partial charge on any atom is -0.480 e. The van der Waals surface area contributed by atoms with Gasteiger partial charge in [0.2, 0.25) is 5.89 Å². The van der Waals surface area contributed by atoms with Gasteiger partial charge in [-0.2, -0.15) is 4.98 Å². The fourth-order valence-electron chi connectivity index (χ4n) is 1.79. The SMILES string of the molecule is CC(C)(C)c1nc(N[C@H](Cc2ccccc2)C(=O)O)no1. The first-order chi connectivity index (χ1) is 9.86. The van der Waals surface area contributed by atoms with Gasteiger partial charge in [-0.25, -0.2) is 4.79 Å². The first-order valence-electron chi connectivity index (χ1n) is 6.74. The van der Waals surface area contributed by atoms with E-state index in [2.05, 4.69) is 15.5 Å². The Kier molecular flexibility index (Phi) is 4.26. The lowest BCUT2D eigenvalue weighted by atomic mass is 9.97. The summed E-state index contributed by atoms with van der Waals surface area (Å²) in [6.07, 6.45) is 0.343. The van der Waals surface area contributed by atoms with Crippen molar-refractivity contribution in [3.8, 4) is 0 Å². The van der Waals surface area contributed by atoms with Crippen LogP contribution in [0, 0.1) is 0 Å². The molecule has 0 unspecified atom stereocenters. The second-order valence-corrected chi connectivity index (χ2v) is 5.90. The average Bonchev–Trinajstić information content (AvgIpc) is 2.87. The van der Waals surface area contributed by atoms with Crippen molar-refractivity contribution in [3.63, 3.8) is 0 Å². The normalized spacial score (nSPS) is 12.9. The maximum Gasteiger partial charge on any atom is 0.326 e. The van der Waals surface area contributed by atoms with Gasteiger partial charge >= 0.3 is 5.97 Å². The maximum atomic E-state index is 11.4. The largest absolute Gasteiger partial charge is 0.480 e. The molecule has 1 atom stereocenters. The van der Waals surface area contributed by atoms with Crippen LogP contribution in [-0.4, -0.2) is 27.3 Å². The Morgan fingerprint density at radius 2 is 2.00 bits per heavy atom. The lowest BCUT2D eigenvalue weighted by Crippen LogP contribution is -2.32. The van der Waals surface area contributed by atoms with Crippen molar-refractivity contribution in [2.24, 2.45) is 0 Å². The van der Waals surface area contributed by atoms with Crippen LogP contribution >= 0.6 is 0 Å². The third-order valence-corrected chi connectivity index (χ3v) is 2.95. The van der Waals surface area contributed by atoms with Crippen LogP contribution in [0.15, 0.2) is 34.9 Å². The molecule has 6 heteroatoms. The number of benzene rings is 1. The molecule has 112 valence electrons. The van der Waals surface area contributed by atoms with E-state index in [4.69, 9.17) is 4.52 Å². The summed E-state index contributed by atoms with van der Waals surface area (Å²) in [7, 11) is 0. The molecule has 1 heterocycles. The summed E-state index contributed by atoms with van der Waals surface area (Å²) in [5.74, 6) is -0.293. The number of rotatable bonds is 5. The average molecular weight is 289 g/mol. The molecule has 1 aromatic carbocycles. The van der Waals surface area contributed by atoms with E-state index >= 15 is 0 Å². The first-order valence-corrected chi connectivity index (χ1v) is 6.74. The van der Waals surface area contributed by atoms with Gasteiger partial charge in [0.05, 0.1) is 0 Å². The van der Waals surface area contributed by atoms with Crippen LogP contribution in [-0.2, 0) is 16.6 Å². The van der Waals surface area contributed by atoms with Gasteiger partial charge in [-0.05, 0) is 10.7 Å². The summed E-state index contributed by atoms with van der Waals surface area (Å²) in [4.78, 5) is 15.6. The van der Waals surface area contributed by atoms with E-state index in [1.165, 1.54) is 0 Å². The Morgan fingerprint density at radius 3 is 2.52 bits per heavy atom. The highest BCUT2D eigenvalue weighted by molar-refractivity contribution is 5.76. The van der Waals surface area contributed by atoms with E-state index in [0.717, 1.165) is 5.56 Å². The van der Waals surface area contributed by atoms with Crippen molar-refractivity contribution < 1.29 is 14.4 Å². The van der Waals surface area contributed by atoms with Gasteiger partial charge in [-0.3, -0.25) is 0 Å². The Bertz CT molecular complexity index is 602. The van der Waals surface area contributed by atoms with Gasteiger partial charge in [0.25, 0.3) is 5.95 Å². The molecule has 2 N–H and O–H groups in total. The van der Waals surface area contributed by atoms with Crippen molar-refractivity contribution in [1.29, 1.82) is 0 Å². The van der Waals surface area contributed by atoms with Crippen LogP contribution in [0.1, 0.15) is 32.2 Å². The van der Waals surface area contributed by atoms with E-state index in [1.54, 1.807) is 0 Å². The number of carboxylic acids is 1. The lowest BCUT2D eigenvalue weighted by molar-refractivity contribution is -0.137. The van der Waals surface area contributed by atoms with Crippen molar-refractivity contribution in [1.82, 2.24) is 10.1 Å². The van der Waals surface area contributed by atoms with Crippen LogP contribution < -0.4 is 5.32 Å². The van der Waals surface area contributed by atoms with Crippen LogP contribution in [0.5, 0.6) is 0 Å². The zero-order valence-electron chi connectivity index (χ0n) is 12.3. The number of carboxylic acid groups (broad SMARTS) is 1. The second kappa shape index (κ2) is 5.95. The maximum absolute atomic E-state index is 11.4. The fraction of sp³-hybridized carbons (Fsp3) is 0.400. The third kappa shape index (κ3) is 4.05. The van der Waals surface area contributed by atoms with E-state index in [0.29, 0.717) is 12.3 Å². The standard InChI is InChI=1S/C15H19N3O3/c1-15(2,3)13-17-14(18-21-13)16-11(12(19)20)9-10-7-5-4-6-8-10/h4-8,11H,9H2,1-3H3,(H,16,18)(H,19,20)/t11-/m1/s1. The Labute approximate surface area is 123 Å². The predicted molar refractivity (Wildman–Crippen MR) is 78.2 cm³/mol. The van der Waals surface area contributed by atoms with Crippen LogP contribution in [0.25, 0.3) is 0 Å². The summed E-state index contributed by atoms with van der Waals surface area (Å²) < 4.78 is 5.14. The van der Waals surface area contributed by atoms with Gasteiger partial charge in [-0.1, -0.05) is 51.1 Å². The van der Waals surface area contributed by atoms with Gasteiger partial charge in [-0.15, -0.1) is 0 Å². The molecule has 2 rings (SSSR count). The van der Waals surface area contributed by atoms with E-state index < -0.39 is 12.0 Å². The number of hydrogen-bond acceptors (Lipinski definition) is 5. The van der Waals surface area contributed by atoms with Crippen molar-refractivity contribution in [2.75, 3.05) is 5.32 Å². The quantitative estimate of drug-likeness (QED) is 0.879. The molecule has 0 aliphatic rings. The summed E-state index contributed by atoms with van der Waals surface area (Å²) in [5, 5.41) is 15.9. The molecule has 0 aliphatic carbocycles. The molecule has 0 amide bonds. The Morgan fingerprint density at radius 1 is 1.33 bits per heavy atom. The molecule has 0 radical (unpaired) electrons. The summed E-state index contributed by atoms with van der Waals surface area (Å²) in [6, 6.07) is 8.60. The monoisotopic (exact) mass is 289 g/mol. The number of nitrogens with zero attached hydrogens (tertiary/aromatic N) is 2. The molecule has 2 aromatic rings. The minimum absolute atomic E-state index is 0.197. The molecule has 0 saturated carbocycles. The molecule has 6 nitrogen and oxygen atoms in total. The number of nitrogens with one attached hydrogen (secondary N) is 1. The van der Waals surface area contributed by atoms with Gasteiger partial charge in [0.1, 0.15) is 6.04 Å². The van der Waals surface area contributed by atoms with Crippen molar-refractivity contribution >= 4 is 11.9 Å². The van der Waals surface area contributed by atoms with E-state index in [1.807, 2.05) is 51.1 Å². The molecule has 0 spiro atoms. The predicted octanol–water partition coefficient (Wildman–Crippen LogP) is 2.47. The van der Waals surface area contributed by atoms with Gasteiger partial charge in [0, 0.05) is 11.8 Å². The fourth-order valence-corrected chi connectivity index (χ4v) is 1.79. The third-order valence-electron chi connectivity index (χ3n) is 2.95. The van der Waals surface area contributed by atoms with Crippen molar-refractivity contribution in [3.05, 3.63) is 41.8 Å². The highest BCUT2D eigenvalue weighted by Gasteiger charge is 2.24. The molecule has 0 fully saturated rings.